The van der Waals surface area contributed by atoms with E-state index in [-0.39, 0.29) is 16.9 Å². The van der Waals surface area contributed by atoms with E-state index in [1.165, 1.54) is 5.56 Å². The molecule has 1 aromatic heterocycles. The van der Waals surface area contributed by atoms with E-state index in [2.05, 4.69) is 19.1 Å². The van der Waals surface area contributed by atoms with Crippen LogP contribution in [0.5, 0.6) is 0 Å². The normalized spacial score (nSPS) is 12.6. The van der Waals surface area contributed by atoms with Crippen LogP contribution in [-0.2, 0) is 11.3 Å². The molecule has 0 aliphatic carbocycles. The first-order valence-corrected chi connectivity index (χ1v) is 10.3. The molecule has 0 fully saturated rings. The van der Waals surface area contributed by atoms with Gasteiger partial charge in [0.15, 0.2) is 5.16 Å². The maximum absolute atomic E-state index is 13.1. The quantitative estimate of drug-likeness (QED) is 0.310. The molecule has 0 spiro atoms. The zero-order valence-corrected chi connectivity index (χ0v) is 16.9. The Hall–Kier alpha value is -2.11. The molecular weight excluding hydrogens is 356 g/mol. The van der Waals surface area contributed by atoms with Crippen LogP contribution in [0.2, 0.25) is 0 Å². The van der Waals surface area contributed by atoms with Crippen LogP contribution in [0, 0.1) is 0 Å². The fraction of sp³-hybridized carbons (Fsp3) is 0.364. The molecule has 0 saturated carbocycles. The average Bonchev–Trinajstić information content (AvgIpc) is 2.67. The van der Waals surface area contributed by atoms with E-state index in [0.29, 0.717) is 18.5 Å². The molecule has 0 saturated heterocycles. The van der Waals surface area contributed by atoms with Gasteiger partial charge in [0.25, 0.3) is 5.56 Å². The lowest BCUT2D eigenvalue weighted by atomic mass is 10.2. The average molecular weight is 383 g/mol. The third-order valence-electron chi connectivity index (χ3n) is 4.36. The molecule has 5 heteroatoms. The summed E-state index contributed by atoms with van der Waals surface area (Å²) in [7, 11) is 0. The molecule has 0 N–H and O–H groups in total. The Balaban J connectivity index is 1.91. The zero-order chi connectivity index (χ0) is 19.2. The fourth-order valence-electron chi connectivity index (χ4n) is 2.93. The van der Waals surface area contributed by atoms with Crippen LogP contribution in [0.1, 0.15) is 38.0 Å². The van der Waals surface area contributed by atoms with E-state index in [0.717, 1.165) is 17.1 Å². The Bertz CT molecular complexity index is 938. The molecule has 3 rings (SSSR count). The van der Waals surface area contributed by atoms with E-state index in [1.807, 2.05) is 56.3 Å². The number of hydrogen-bond acceptors (Lipinski definition) is 4. The molecule has 1 atom stereocenters. The Morgan fingerprint density at radius 3 is 2.48 bits per heavy atom. The van der Waals surface area contributed by atoms with E-state index in [4.69, 9.17) is 9.72 Å². The number of hydrogen-bond donors (Lipinski definition) is 0. The first kappa shape index (κ1) is 19.6. The monoisotopic (exact) mass is 382 g/mol. The lowest BCUT2D eigenvalue weighted by Gasteiger charge is -2.17. The van der Waals surface area contributed by atoms with Crippen molar-refractivity contribution in [3.63, 3.8) is 0 Å². The number of benzene rings is 2. The van der Waals surface area contributed by atoms with Gasteiger partial charge in [0.1, 0.15) is 0 Å². The van der Waals surface area contributed by atoms with Crippen LogP contribution < -0.4 is 5.56 Å². The number of thioether (sulfide) groups is 1. The van der Waals surface area contributed by atoms with Crippen molar-refractivity contribution in [2.75, 3.05) is 6.61 Å². The topological polar surface area (TPSA) is 44.1 Å². The number of ether oxygens (including phenoxy) is 1. The maximum Gasteiger partial charge on any atom is 0.262 e. The smallest absolute Gasteiger partial charge is 0.262 e. The molecule has 1 heterocycles. The fourth-order valence-corrected chi connectivity index (χ4v) is 3.99. The number of nitrogens with zero attached hydrogens (tertiary/aromatic N) is 2. The first-order valence-electron chi connectivity index (χ1n) is 9.39. The van der Waals surface area contributed by atoms with Crippen LogP contribution in [0.25, 0.3) is 10.9 Å². The van der Waals surface area contributed by atoms with Crippen LogP contribution >= 0.6 is 11.8 Å². The van der Waals surface area contributed by atoms with E-state index < -0.39 is 0 Å². The minimum atomic E-state index is 0.0212. The summed E-state index contributed by atoms with van der Waals surface area (Å²) in [6, 6.07) is 17.9. The molecule has 0 amide bonds. The summed E-state index contributed by atoms with van der Waals surface area (Å²) in [5, 5.41) is 1.64. The molecule has 0 aliphatic rings. The highest BCUT2D eigenvalue weighted by Gasteiger charge is 2.15. The van der Waals surface area contributed by atoms with Crippen LogP contribution in [0.3, 0.4) is 0 Å². The third-order valence-corrected chi connectivity index (χ3v) is 5.50. The molecule has 142 valence electrons. The van der Waals surface area contributed by atoms with Crippen LogP contribution in [0.4, 0.5) is 0 Å². The summed E-state index contributed by atoms with van der Waals surface area (Å²) in [5.74, 6) is 0. The van der Waals surface area contributed by atoms with Crippen molar-refractivity contribution in [2.45, 2.75) is 50.2 Å². The molecule has 1 unspecified atom stereocenters. The molecule has 3 aromatic rings. The second kappa shape index (κ2) is 9.20. The molecule has 27 heavy (non-hydrogen) atoms. The number of fused-ring (bicyclic) bond motifs is 1. The van der Waals surface area contributed by atoms with Crippen molar-refractivity contribution in [2.24, 2.45) is 0 Å². The van der Waals surface area contributed by atoms with Crippen LogP contribution in [-0.4, -0.2) is 22.3 Å². The predicted octanol–water partition coefficient (Wildman–Crippen LogP) is 5.06. The van der Waals surface area contributed by atoms with Crippen LogP contribution in [0.15, 0.2) is 64.5 Å². The lowest BCUT2D eigenvalue weighted by Crippen LogP contribution is -2.24. The zero-order valence-electron chi connectivity index (χ0n) is 16.1. The van der Waals surface area contributed by atoms with Gasteiger partial charge in [-0.15, -0.1) is 0 Å². The van der Waals surface area contributed by atoms with Crippen molar-refractivity contribution in [3.8, 4) is 0 Å². The van der Waals surface area contributed by atoms with Gasteiger partial charge in [-0.2, -0.15) is 0 Å². The summed E-state index contributed by atoms with van der Waals surface area (Å²) in [5.41, 5.74) is 1.99. The first-order chi connectivity index (χ1) is 13.1. The molecule has 0 radical (unpaired) electrons. The highest BCUT2D eigenvalue weighted by molar-refractivity contribution is 7.99. The van der Waals surface area contributed by atoms with Gasteiger partial charge in [0.2, 0.25) is 0 Å². The van der Waals surface area contributed by atoms with Crippen molar-refractivity contribution < 1.29 is 4.74 Å². The SMILES string of the molecule is CC(C)OCCCn1c(SC(C)c2ccccc2)nc2ccccc2c1=O. The predicted molar refractivity (Wildman–Crippen MR) is 112 cm³/mol. The molecular formula is C22H26N2O2S. The second-order valence-electron chi connectivity index (χ2n) is 6.81. The van der Waals surface area contributed by atoms with Crippen molar-refractivity contribution in [1.82, 2.24) is 9.55 Å². The van der Waals surface area contributed by atoms with Gasteiger partial charge < -0.3 is 4.74 Å². The Labute approximate surface area is 164 Å². The summed E-state index contributed by atoms with van der Waals surface area (Å²) < 4.78 is 7.44. The third kappa shape index (κ3) is 4.99. The molecule has 4 nitrogen and oxygen atoms in total. The van der Waals surface area contributed by atoms with Gasteiger partial charge in [-0.05, 0) is 44.9 Å². The maximum atomic E-state index is 13.1. The van der Waals surface area contributed by atoms with Gasteiger partial charge in [0, 0.05) is 18.4 Å². The second-order valence-corrected chi connectivity index (χ2v) is 8.12. The summed E-state index contributed by atoms with van der Waals surface area (Å²) in [6.45, 7) is 7.43. The van der Waals surface area contributed by atoms with Crippen molar-refractivity contribution in [1.29, 1.82) is 0 Å². The largest absolute Gasteiger partial charge is 0.379 e. The van der Waals surface area contributed by atoms with E-state index in [9.17, 15) is 4.79 Å². The minimum absolute atomic E-state index is 0.0212. The highest BCUT2D eigenvalue weighted by atomic mass is 32.2. The standard InChI is InChI=1S/C22H26N2O2S/c1-16(2)26-15-9-14-24-21(25)19-12-7-8-13-20(19)23-22(24)27-17(3)18-10-5-4-6-11-18/h4-8,10-13,16-17H,9,14-15H2,1-3H3. The molecule has 0 bridgehead atoms. The van der Waals surface area contributed by atoms with Gasteiger partial charge in [-0.25, -0.2) is 4.98 Å². The minimum Gasteiger partial charge on any atom is -0.379 e. The van der Waals surface area contributed by atoms with E-state index in [1.54, 1.807) is 16.3 Å². The van der Waals surface area contributed by atoms with Crippen molar-refractivity contribution in [3.05, 3.63) is 70.5 Å². The number of para-hydroxylation sites is 1. The van der Waals surface area contributed by atoms with Gasteiger partial charge in [-0.3, -0.25) is 9.36 Å². The Kier molecular flexibility index (Phi) is 6.69. The molecule has 0 aliphatic heterocycles. The van der Waals surface area contributed by atoms with E-state index >= 15 is 0 Å². The summed E-state index contributed by atoms with van der Waals surface area (Å²) in [6.07, 6.45) is 0.981. The number of rotatable bonds is 8. The summed E-state index contributed by atoms with van der Waals surface area (Å²) in [4.78, 5) is 17.9. The number of aromatic nitrogens is 2. The van der Waals surface area contributed by atoms with Gasteiger partial charge in [0.05, 0.1) is 17.0 Å². The summed E-state index contributed by atoms with van der Waals surface area (Å²) >= 11 is 1.63. The van der Waals surface area contributed by atoms with Crippen molar-refractivity contribution >= 4 is 22.7 Å². The van der Waals surface area contributed by atoms with Gasteiger partial charge >= 0.3 is 0 Å². The highest BCUT2D eigenvalue weighted by Crippen LogP contribution is 2.33. The molecule has 2 aromatic carbocycles. The Morgan fingerprint density at radius 1 is 1.04 bits per heavy atom. The van der Waals surface area contributed by atoms with Gasteiger partial charge in [-0.1, -0.05) is 54.2 Å². The lowest BCUT2D eigenvalue weighted by molar-refractivity contribution is 0.0743. The Morgan fingerprint density at radius 2 is 1.74 bits per heavy atom.